The molecule has 0 aliphatic rings. The van der Waals surface area contributed by atoms with Crippen LogP contribution in [0.4, 0.5) is 11.4 Å². The summed E-state index contributed by atoms with van der Waals surface area (Å²) in [7, 11) is 0. The third-order valence-electron chi connectivity index (χ3n) is 3.86. The molecule has 3 rings (SSSR count). The number of rotatable bonds is 4. The summed E-state index contributed by atoms with van der Waals surface area (Å²) in [5.74, 6) is -0.424. The second-order valence-electron chi connectivity index (χ2n) is 5.48. The zero-order chi connectivity index (χ0) is 18.8. The van der Waals surface area contributed by atoms with Crippen molar-refractivity contribution in [3.63, 3.8) is 0 Å². The van der Waals surface area contributed by atoms with Gasteiger partial charge in [-0.15, -0.1) is 0 Å². The van der Waals surface area contributed by atoms with Gasteiger partial charge in [0.2, 0.25) is 0 Å². The number of carbonyl (C=O) groups is 1. The monoisotopic (exact) mass is 480 g/mol. The Hall–Kier alpha value is -2.31. The first-order chi connectivity index (χ1) is 12.5. The van der Waals surface area contributed by atoms with Crippen LogP contribution >= 0.6 is 34.2 Å². The molecule has 1 N–H and O–H groups in total. The van der Waals surface area contributed by atoms with Gasteiger partial charge in [0.1, 0.15) is 6.07 Å². The molecule has 2 aromatic heterocycles. The lowest BCUT2D eigenvalue weighted by molar-refractivity contribution is 0.0525. The van der Waals surface area contributed by atoms with E-state index < -0.39 is 5.97 Å². The van der Waals surface area contributed by atoms with Crippen LogP contribution in [-0.4, -0.2) is 22.2 Å². The Labute approximate surface area is 168 Å². The lowest BCUT2D eigenvalue weighted by atomic mass is 10.1. The number of halogens is 2. The molecule has 3 aromatic rings. The Balaban J connectivity index is 2.19. The van der Waals surface area contributed by atoms with Crippen LogP contribution in [-0.2, 0) is 4.74 Å². The largest absolute Gasteiger partial charge is 0.462 e. The quantitative estimate of drug-likeness (QED) is 0.433. The molecule has 0 spiro atoms. The van der Waals surface area contributed by atoms with Crippen molar-refractivity contribution in [2.75, 3.05) is 11.9 Å². The van der Waals surface area contributed by atoms with E-state index in [4.69, 9.17) is 16.3 Å². The number of carbonyl (C=O) groups excluding carboxylic acids is 1. The molecule has 0 aliphatic carbocycles. The molecule has 0 unspecified atom stereocenters. The third kappa shape index (κ3) is 3.34. The summed E-state index contributed by atoms with van der Waals surface area (Å²) in [5.41, 5.74) is 3.27. The van der Waals surface area contributed by atoms with E-state index in [1.54, 1.807) is 24.6 Å². The summed E-state index contributed by atoms with van der Waals surface area (Å²) >= 11 is 8.49. The number of ether oxygens (including phenoxy) is 1. The van der Waals surface area contributed by atoms with Gasteiger partial charge in [0.25, 0.3) is 0 Å². The number of hydrogen-bond acceptors (Lipinski definition) is 5. The molecule has 1 aromatic carbocycles. The van der Waals surface area contributed by atoms with Gasteiger partial charge in [-0.25, -0.2) is 9.31 Å². The minimum absolute atomic E-state index is 0.282. The summed E-state index contributed by atoms with van der Waals surface area (Å²) in [5, 5.41) is 17.5. The molecule has 0 radical (unpaired) electrons. The predicted octanol–water partition coefficient (Wildman–Crippen LogP) is 4.69. The van der Waals surface area contributed by atoms with Gasteiger partial charge in [0, 0.05) is 9.77 Å². The van der Waals surface area contributed by atoms with Crippen LogP contribution in [0.2, 0.25) is 5.02 Å². The number of nitrogens with zero attached hydrogens (tertiary/aromatic N) is 3. The van der Waals surface area contributed by atoms with Crippen molar-refractivity contribution in [3.05, 3.63) is 55.9 Å². The molecule has 132 valence electrons. The fourth-order valence-electron chi connectivity index (χ4n) is 2.64. The van der Waals surface area contributed by atoms with E-state index in [0.717, 1.165) is 3.57 Å². The van der Waals surface area contributed by atoms with Crippen LogP contribution in [0.25, 0.3) is 5.52 Å². The van der Waals surface area contributed by atoms with Gasteiger partial charge >= 0.3 is 5.97 Å². The number of anilines is 2. The zero-order valence-corrected chi connectivity index (χ0v) is 16.9. The van der Waals surface area contributed by atoms with E-state index in [-0.39, 0.29) is 6.61 Å². The lowest BCUT2D eigenvalue weighted by Crippen LogP contribution is -2.04. The van der Waals surface area contributed by atoms with Gasteiger partial charge < -0.3 is 10.1 Å². The lowest BCUT2D eigenvalue weighted by Gasteiger charge is -2.12. The van der Waals surface area contributed by atoms with Gasteiger partial charge in [0.15, 0.2) is 0 Å². The minimum atomic E-state index is -0.424. The van der Waals surface area contributed by atoms with Gasteiger partial charge in [0.05, 0.1) is 45.8 Å². The topological polar surface area (TPSA) is 79.4 Å². The number of esters is 1. The zero-order valence-electron chi connectivity index (χ0n) is 14.0. The van der Waals surface area contributed by atoms with Crippen molar-refractivity contribution in [2.24, 2.45) is 0 Å². The van der Waals surface area contributed by atoms with Crippen LogP contribution in [0, 0.1) is 21.8 Å². The van der Waals surface area contributed by atoms with Crippen molar-refractivity contribution < 1.29 is 9.53 Å². The Morgan fingerprint density at radius 2 is 2.27 bits per heavy atom. The van der Waals surface area contributed by atoms with Crippen LogP contribution < -0.4 is 5.32 Å². The van der Waals surface area contributed by atoms with Crippen molar-refractivity contribution in [3.8, 4) is 6.07 Å². The molecule has 0 saturated carbocycles. The van der Waals surface area contributed by atoms with Crippen LogP contribution in [0.15, 0.2) is 30.6 Å². The molecular formula is C18H14ClIN4O2. The van der Waals surface area contributed by atoms with Crippen LogP contribution in [0.1, 0.15) is 28.4 Å². The van der Waals surface area contributed by atoms with E-state index in [2.05, 4.69) is 39.1 Å². The first-order valence-electron chi connectivity index (χ1n) is 7.76. The standard InChI is InChI=1S/C18H14ClIN4O2/c1-3-26-18(25)13-9-24-17(10(13)2)16(11(7-21)8-22-24)23-15-5-4-12(20)6-14(15)19/h4-6,8-9,23H,3H2,1-2H3. The fourth-order valence-corrected chi connectivity index (χ4v) is 3.54. The summed E-state index contributed by atoms with van der Waals surface area (Å²) in [4.78, 5) is 12.2. The van der Waals surface area contributed by atoms with E-state index in [9.17, 15) is 10.1 Å². The van der Waals surface area contributed by atoms with Crippen LogP contribution in [0.3, 0.4) is 0 Å². The van der Waals surface area contributed by atoms with Crippen molar-refractivity contribution in [2.45, 2.75) is 13.8 Å². The summed E-state index contributed by atoms with van der Waals surface area (Å²) in [6.07, 6.45) is 3.05. The third-order valence-corrected chi connectivity index (χ3v) is 4.85. The van der Waals surface area contributed by atoms with Crippen LogP contribution in [0.5, 0.6) is 0 Å². The van der Waals surface area contributed by atoms with Crippen molar-refractivity contribution in [1.82, 2.24) is 9.61 Å². The van der Waals surface area contributed by atoms with E-state index in [1.165, 1.54) is 6.20 Å². The molecule has 0 bridgehead atoms. The van der Waals surface area contributed by atoms with Gasteiger partial charge in [-0.2, -0.15) is 10.4 Å². The van der Waals surface area contributed by atoms with Crippen molar-refractivity contribution in [1.29, 1.82) is 5.26 Å². The van der Waals surface area contributed by atoms with Gasteiger partial charge in [-0.1, -0.05) is 11.6 Å². The second-order valence-corrected chi connectivity index (χ2v) is 7.13. The first-order valence-corrected chi connectivity index (χ1v) is 9.22. The molecule has 2 heterocycles. The maximum atomic E-state index is 12.2. The maximum absolute atomic E-state index is 12.2. The maximum Gasteiger partial charge on any atom is 0.340 e. The van der Waals surface area contributed by atoms with Crippen molar-refractivity contribution >= 4 is 57.1 Å². The Morgan fingerprint density at radius 3 is 2.92 bits per heavy atom. The smallest absolute Gasteiger partial charge is 0.340 e. The molecule has 0 saturated heterocycles. The number of nitriles is 1. The summed E-state index contributed by atoms with van der Waals surface area (Å²) in [6.45, 7) is 3.83. The number of nitrogens with one attached hydrogen (secondary N) is 1. The molecule has 26 heavy (non-hydrogen) atoms. The van der Waals surface area contributed by atoms with E-state index in [0.29, 0.717) is 38.6 Å². The van der Waals surface area contributed by atoms with E-state index >= 15 is 0 Å². The summed E-state index contributed by atoms with van der Waals surface area (Å²) in [6, 6.07) is 7.70. The average Bonchev–Trinajstić information content (AvgIpc) is 2.95. The molecular weight excluding hydrogens is 467 g/mol. The summed E-state index contributed by atoms with van der Waals surface area (Å²) < 4.78 is 7.66. The molecule has 0 amide bonds. The second kappa shape index (κ2) is 7.51. The number of benzene rings is 1. The molecule has 8 heteroatoms. The average molecular weight is 481 g/mol. The first kappa shape index (κ1) is 18.5. The molecule has 6 nitrogen and oxygen atoms in total. The molecule has 0 fully saturated rings. The number of hydrogen-bond donors (Lipinski definition) is 1. The molecule has 0 aliphatic heterocycles. The van der Waals surface area contributed by atoms with E-state index in [1.807, 2.05) is 18.2 Å². The number of aryl methyl sites for hydroxylation is 1. The van der Waals surface area contributed by atoms with Gasteiger partial charge in [-0.05, 0) is 60.2 Å². The minimum Gasteiger partial charge on any atom is -0.462 e. The highest BCUT2D eigenvalue weighted by Crippen LogP contribution is 2.33. The number of fused-ring (bicyclic) bond motifs is 1. The fraction of sp³-hybridized carbons (Fsp3) is 0.167. The highest BCUT2D eigenvalue weighted by molar-refractivity contribution is 14.1. The Kier molecular flexibility index (Phi) is 5.34. The highest BCUT2D eigenvalue weighted by atomic mass is 127. The number of aromatic nitrogens is 2. The normalized spacial score (nSPS) is 10.6. The Morgan fingerprint density at radius 1 is 1.50 bits per heavy atom. The Bertz CT molecular complexity index is 1060. The van der Waals surface area contributed by atoms with Gasteiger partial charge in [-0.3, -0.25) is 0 Å². The highest BCUT2D eigenvalue weighted by Gasteiger charge is 2.20. The SMILES string of the molecule is CCOC(=O)c1cn2ncc(C#N)c(Nc3ccc(I)cc3Cl)c2c1C. The molecule has 0 atom stereocenters. The predicted molar refractivity (Wildman–Crippen MR) is 108 cm³/mol.